The van der Waals surface area contributed by atoms with Crippen LogP contribution in [-0.2, 0) is 6.54 Å². The van der Waals surface area contributed by atoms with Gasteiger partial charge in [-0.2, -0.15) is 5.10 Å². The second-order valence-corrected chi connectivity index (χ2v) is 7.37. The van der Waals surface area contributed by atoms with E-state index >= 15 is 0 Å². The minimum Gasteiger partial charge on any atom is -0.350 e. The van der Waals surface area contributed by atoms with E-state index in [0.29, 0.717) is 30.6 Å². The molecule has 0 spiro atoms. The highest BCUT2D eigenvalue weighted by Gasteiger charge is 2.22. The molecule has 1 aromatic heterocycles. The van der Waals surface area contributed by atoms with Gasteiger partial charge < -0.3 is 5.32 Å². The van der Waals surface area contributed by atoms with Gasteiger partial charge in [0, 0.05) is 13.1 Å². The summed E-state index contributed by atoms with van der Waals surface area (Å²) in [6, 6.07) is 1.92. The van der Waals surface area contributed by atoms with Gasteiger partial charge in [-0.3, -0.25) is 9.48 Å². The SMILES string of the molecule is CCn1nc(C(C)C)cc1C(=O)NCC(C)(C)CC(C)C. The molecular formula is C17H31N3O. The van der Waals surface area contributed by atoms with Crippen LogP contribution < -0.4 is 5.32 Å². The van der Waals surface area contributed by atoms with Crippen LogP contribution in [0.4, 0.5) is 0 Å². The van der Waals surface area contributed by atoms with Gasteiger partial charge >= 0.3 is 0 Å². The first-order valence-electron chi connectivity index (χ1n) is 8.02. The van der Waals surface area contributed by atoms with Crippen molar-refractivity contribution >= 4 is 5.91 Å². The zero-order chi connectivity index (χ0) is 16.2. The van der Waals surface area contributed by atoms with Crippen molar-refractivity contribution < 1.29 is 4.79 Å². The van der Waals surface area contributed by atoms with Crippen molar-refractivity contribution in [3.8, 4) is 0 Å². The van der Waals surface area contributed by atoms with E-state index in [1.165, 1.54) is 0 Å². The van der Waals surface area contributed by atoms with E-state index in [-0.39, 0.29) is 11.3 Å². The summed E-state index contributed by atoms with van der Waals surface area (Å²) in [6.07, 6.45) is 1.09. The van der Waals surface area contributed by atoms with E-state index in [9.17, 15) is 4.79 Å². The summed E-state index contributed by atoms with van der Waals surface area (Å²) >= 11 is 0. The number of carbonyl (C=O) groups excluding carboxylic acids is 1. The molecule has 21 heavy (non-hydrogen) atoms. The normalized spacial score (nSPS) is 12.2. The summed E-state index contributed by atoms with van der Waals surface area (Å²) in [4.78, 5) is 12.4. The zero-order valence-electron chi connectivity index (χ0n) is 14.7. The second kappa shape index (κ2) is 7.10. The smallest absolute Gasteiger partial charge is 0.269 e. The molecule has 0 unspecified atom stereocenters. The molecule has 0 fully saturated rings. The molecule has 1 aromatic rings. The first-order chi connectivity index (χ1) is 9.66. The molecule has 1 amide bonds. The quantitative estimate of drug-likeness (QED) is 0.830. The molecule has 0 aliphatic carbocycles. The van der Waals surface area contributed by atoms with Crippen molar-refractivity contribution in [2.45, 2.75) is 67.3 Å². The van der Waals surface area contributed by atoms with Gasteiger partial charge in [0.1, 0.15) is 5.69 Å². The first kappa shape index (κ1) is 17.7. The Morgan fingerprint density at radius 1 is 1.33 bits per heavy atom. The lowest BCUT2D eigenvalue weighted by Crippen LogP contribution is -2.35. The van der Waals surface area contributed by atoms with Gasteiger partial charge in [-0.15, -0.1) is 0 Å². The Kier molecular flexibility index (Phi) is 5.99. The van der Waals surface area contributed by atoms with E-state index in [2.05, 4.69) is 52.0 Å². The molecule has 1 N–H and O–H groups in total. The Balaban J connectivity index is 2.76. The summed E-state index contributed by atoms with van der Waals surface area (Å²) in [5.74, 6) is 0.945. The third-order valence-electron chi connectivity index (χ3n) is 3.61. The standard InChI is InChI=1S/C17H31N3O/c1-8-20-15(9-14(19-20)13(4)5)16(21)18-11-17(6,7)10-12(2)3/h9,12-13H,8,10-11H2,1-7H3,(H,18,21). The topological polar surface area (TPSA) is 46.9 Å². The number of carbonyl (C=O) groups is 1. The van der Waals surface area contributed by atoms with E-state index in [1.54, 1.807) is 4.68 Å². The number of aromatic nitrogens is 2. The third-order valence-corrected chi connectivity index (χ3v) is 3.61. The number of amides is 1. The fourth-order valence-corrected chi connectivity index (χ4v) is 2.73. The van der Waals surface area contributed by atoms with Crippen molar-refractivity contribution in [1.29, 1.82) is 0 Å². The van der Waals surface area contributed by atoms with Gasteiger partial charge in [0.2, 0.25) is 0 Å². The molecule has 0 atom stereocenters. The van der Waals surface area contributed by atoms with Crippen LogP contribution in [-0.4, -0.2) is 22.2 Å². The molecule has 0 saturated heterocycles. The fraction of sp³-hybridized carbons (Fsp3) is 0.765. The molecule has 0 bridgehead atoms. The lowest BCUT2D eigenvalue weighted by atomic mass is 9.84. The molecule has 4 heteroatoms. The molecule has 120 valence electrons. The summed E-state index contributed by atoms with van der Waals surface area (Å²) in [5, 5.41) is 7.57. The van der Waals surface area contributed by atoms with Gasteiger partial charge in [-0.1, -0.05) is 41.5 Å². The largest absolute Gasteiger partial charge is 0.350 e. The van der Waals surface area contributed by atoms with E-state index < -0.39 is 0 Å². The van der Waals surface area contributed by atoms with Crippen molar-refractivity contribution in [3.05, 3.63) is 17.5 Å². The predicted molar refractivity (Wildman–Crippen MR) is 87.6 cm³/mol. The van der Waals surface area contributed by atoms with Gasteiger partial charge in [0.05, 0.1) is 5.69 Å². The highest BCUT2D eigenvalue weighted by molar-refractivity contribution is 5.92. The fourth-order valence-electron chi connectivity index (χ4n) is 2.73. The highest BCUT2D eigenvalue weighted by atomic mass is 16.2. The molecule has 0 radical (unpaired) electrons. The molecule has 1 rings (SSSR count). The average Bonchev–Trinajstić information content (AvgIpc) is 2.78. The molecular weight excluding hydrogens is 262 g/mol. The minimum atomic E-state index is -0.0203. The van der Waals surface area contributed by atoms with E-state index in [4.69, 9.17) is 0 Å². The van der Waals surface area contributed by atoms with Crippen LogP contribution in [0.1, 0.15) is 77.0 Å². The van der Waals surface area contributed by atoms with Gasteiger partial charge in [-0.25, -0.2) is 0 Å². The predicted octanol–water partition coefficient (Wildman–Crippen LogP) is 3.83. The molecule has 4 nitrogen and oxygen atoms in total. The first-order valence-corrected chi connectivity index (χ1v) is 8.02. The number of hydrogen-bond acceptors (Lipinski definition) is 2. The summed E-state index contributed by atoms with van der Waals surface area (Å²) in [6.45, 7) is 16.4. The summed E-state index contributed by atoms with van der Waals surface area (Å²) in [5.41, 5.74) is 1.76. The molecule has 0 aliphatic heterocycles. The molecule has 0 saturated carbocycles. The van der Waals surface area contributed by atoms with Crippen LogP contribution in [0.25, 0.3) is 0 Å². The van der Waals surface area contributed by atoms with Gasteiger partial charge in [-0.05, 0) is 36.7 Å². The lowest BCUT2D eigenvalue weighted by Gasteiger charge is -2.26. The Morgan fingerprint density at radius 3 is 2.43 bits per heavy atom. The Morgan fingerprint density at radius 2 is 1.95 bits per heavy atom. The van der Waals surface area contributed by atoms with Crippen LogP contribution in [0.3, 0.4) is 0 Å². The van der Waals surface area contributed by atoms with E-state index in [1.807, 2.05) is 13.0 Å². The van der Waals surface area contributed by atoms with Crippen molar-refractivity contribution in [2.75, 3.05) is 6.54 Å². The number of nitrogens with one attached hydrogen (secondary N) is 1. The third kappa shape index (κ3) is 5.18. The second-order valence-electron chi connectivity index (χ2n) is 7.37. The molecule has 0 aliphatic rings. The maximum absolute atomic E-state index is 12.4. The average molecular weight is 293 g/mol. The summed E-state index contributed by atoms with van der Waals surface area (Å²) in [7, 11) is 0. The molecule has 1 heterocycles. The Bertz CT molecular complexity index is 472. The highest BCUT2D eigenvalue weighted by Crippen LogP contribution is 2.24. The van der Waals surface area contributed by atoms with Crippen LogP contribution >= 0.6 is 0 Å². The summed E-state index contributed by atoms with van der Waals surface area (Å²) < 4.78 is 1.79. The monoisotopic (exact) mass is 293 g/mol. The van der Waals surface area contributed by atoms with Crippen molar-refractivity contribution in [1.82, 2.24) is 15.1 Å². The van der Waals surface area contributed by atoms with Crippen LogP contribution in [0.5, 0.6) is 0 Å². The van der Waals surface area contributed by atoms with Crippen LogP contribution in [0.15, 0.2) is 6.07 Å². The Labute approximate surface area is 129 Å². The maximum atomic E-state index is 12.4. The van der Waals surface area contributed by atoms with E-state index in [0.717, 1.165) is 12.1 Å². The van der Waals surface area contributed by atoms with Crippen molar-refractivity contribution in [3.63, 3.8) is 0 Å². The number of rotatable bonds is 7. The molecule has 0 aromatic carbocycles. The zero-order valence-corrected chi connectivity index (χ0v) is 14.7. The number of aryl methyl sites for hydroxylation is 1. The number of nitrogens with zero attached hydrogens (tertiary/aromatic N) is 2. The minimum absolute atomic E-state index is 0.0203. The van der Waals surface area contributed by atoms with Gasteiger partial charge in [0.15, 0.2) is 0 Å². The lowest BCUT2D eigenvalue weighted by molar-refractivity contribution is 0.0920. The number of hydrogen-bond donors (Lipinski definition) is 1. The van der Waals surface area contributed by atoms with Crippen LogP contribution in [0, 0.1) is 11.3 Å². The Hall–Kier alpha value is -1.32. The maximum Gasteiger partial charge on any atom is 0.269 e. The van der Waals surface area contributed by atoms with Gasteiger partial charge in [0.25, 0.3) is 5.91 Å². The van der Waals surface area contributed by atoms with Crippen molar-refractivity contribution in [2.24, 2.45) is 11.3 Å². The van der Waals surface area contributed by atoms with Crippen LogP contribution in [0.2, 0.25) is 0 Å².